The molecule has 110 valence electrons. The number of hydrogen-bond donors (Lipinski definition) is 1. The van der Waals surface area contributed by atoms with Gasteiger partial charge in [0.25, 0.3) is 0 Å². The Hall–Kier alpha value is -1.43. The van der Waals surface area contributed by atoms with Gasteiger partial charge in [-0.1, -0.05) is 24.3 Å². The minimum atomic E-state index is -0.353. The van der Waals surface area contributed by atoms with Gasteiger partial charge in [0, 0.05) is 33.3 Å². The molecule has 0 bridgehead atoms. The van der Waals surface area contributed by atoms with Crippen molar-refractivity contribution in [1.82, 2.24) is 10.2 Å². The molecule has 0 aromatic heterocycles. The van der Waals surface area contributed by atoms with Gasteiger partial charge in [-0.25, -0.2) is 4.79 Å². The van der Waals surface area contributed by atoms with Crippen LogP contribution in [-0.2, 0) is 20.9 Å². The topological polar surface area (TPSA) is 50.8 Å². The van der Waals surface area contributed by atoms with E-state index in [9.17, 15) is 4.79 Å². The van der Waals surface area contributed by atoms with Gasteiger partial charge in [-0.05, 0) is 11.1 Å². The lowest BCUT2D eigenvalue weighted by Gasteiger charge is -2.34. The van der Waals surface area contributed by atoms with Crippen molar-refractivity contribution in [1.29, 1.82) is 0 Å². The van der Waals surface area contributed by atoms with Gasteiger partial charge in [-0.3, -0.25) is 4.90 Å². The second kappa shape index (κ2) is 7.38. The second-order valence-corrected chi connectivity index (χ2v) is 4.84. The molecule has 2 rings (SSSR count). The number of ether oxygens (including phenoxy) is 2. The molecule has 1 N–H and O–H groups in total. The van der Waals surface area contributed by atoms with E-state index in [-0.39, 0.29) is 12.0 Å². The summed E-state index contributed by atoms with van der Waals surface area (Å²) >= 11 is 0. The molecular weight excluding hydrogens is 256 g/mol. The fraction of sp³-hybridized carbons (Fsp3) is 0.533. The molecule has 1 aromatic rings. The molecule has 1 unspecified atom stereocenters. The van der Waals surface area contributed by atoms with Crippen LogP contribution in [0.5, 0.6) is 0 Å². The summed E-state index contributed by atoms with van der Waals surface area (Å²) in [5.74, 6) is -0.213. The molecule has 1 fully saturated rings. The lowest BCUT2D eigenvalue weighted by molar-refractivity contribution is -0.147. The van der Waals surface area contributed by atoms with Crippen molar-refractivity contribution >= 4 is 5.97 Å². The summed E-state index contributed by atoms with van der Waals surface area (Å²) in [6, 6.07) is 7.54. The van der Waals surface area contributed by atoms with Crippen LogP contribution in [0.25, 0.3) is 0 Å². The number of piperazine rings is 1. The third kappa shape index (κ3) is 3.36. The van der Waals surface area contributed by atoms with Crippen LogP contribution in [0.1, 0.15) is 17.2 Å². The van der Waals surface area contributed by atoms with Crippen LogP contribution in [0.4, 0.5) is 0 Å². The Morgan fingerprint density at radius 2 is 2.00 bits per heavy atom. The summed E-state index contributed by atoms with van der Waals surface area (Å²) in [7, 11) is 3.10. The van der Waals surface area contributed by atoms with Gasteiger partial charge in [-0.2, -0.15) is 0 Å². The number of methoxy groups -OCH3 is 2. The summed E-state index contributed by atoms with van der Waals surface area (Å²) < 4.78 is 10.2. The monoisotopic (exact) mass is 278 g/mol. The Morgan fingerprint density at radius 3 is 2.65 bits per heavy atom. The van der Waals surface area contributed by atoms with Gasteiger partial charge in [0.1, 0.15) is 6.04 Å². The zero-order chi connectivity index (χ0) is 14.4. The van der Waals surface area contributed by atoms with Gasteiger partial charge in [0.15, 0.2) is 0 Å². The summed E-state index contributed by atoms with van der Waals surface area (Å²) in [6.07, 6.45) is 0. The zero-order valence-electron chi connectivity index (χ0n) is 12.1. The van der Waals surface area contributed by atoms with E-state index in [1.807, 2.05) is 24.3 Å². The molecule has 0 radical (unpaired) electrons. The molecule has 1 saturated heterocycles. The maximum atomic E-state index is 12.2. The van der Waals surface area contributed by atoms with E-state index in [0.717, 1.165) is 37.3 Å². The van der Waals surface area contributed by atoms with Crippen molar-refractivity contribution < 1.29 is 14.3 Å². The van der Waals surface area contributed by atoms with Crippen LogP contribution in [0.2, 0.25) is 0 Å². The van der Waals surface area contributed by atoms with Gasteiger partial charge >= 0.3 is 5.97 Å². The summed E-state index contributed by atoms with van der Waals surface area (Å²) in [6.45, 7) is 3.94. The first-order valence-electron chi connectivity index (χ1n) is 6.87. The van der Waals surface area contributed by atoms with Crippen LogP contribution >= 0.6 is 0 Å². The van der Waals surface area contributed by atoms with E-state index >= 15 is 0 Å². The van der Waals surface area contributed by atoms with Crippen molar-refractivity contribution in [3.63, 3.8) is 0 Å². The molecule has 1 aromatic carbocycles. The van der Waals surface area contributed by atoms with E-state index < -0.39 is 0 Å². The molecule has 0 amide bonds. The molecule has 1 aliphatic heterocycles. The number of benzene rings is 1. The second-order valence-electron chi connectivity index (χ2n) is 4.84. The van der Waals surface area contributed by atoms with Gasteiger partial charge in [-0.15, -0.1) is 0 Å². The predicted octanol–water partition coefficient (Wildman–Crippen LogP) is 0.952. The maximum absolute atomic E-state index is 12.2. The fourth-order valence-corrected chi connectivity index (χ4v) is 2.61. The number of carbonyl (C=O) groups is 1. The smallest absolute Gasteiger partial charge is 0.327 e. The van der Waals surface area contributed by atoms with Gasteiger partial charge in [0.05, 0.1) is 13.7 Å². The zero-order valence-corrected chi connectivity index (χ0v) is 12.1. The number of rotatable bonds is 5. The third-order valence-corrected chi connectivity index (χ3v) is 3.59. The van der Waals surface area contributed by atoms with Crippen LogP contribution in [-0.4, -0.2) is 51.3 Å². The lowest BCUT2D eigenvalue weighted by Crippen LogP contribution is -2.47. The molecule has 0 aliphatic carbocycles. The highest BCUT2D eigenvalue weighted by atomic mass is 16.5. The highest BCUT2D eigenvalue weighted by molar-refractivity contribution is 5.78. The number of hydrogen-bond acceptors (Lipinski definition) is 5. The SMILES string of the molecule is COCc1ccccc1C(C(=O)OC)N1CCNCC1. The summed E-state index contributed by atoms with van der Waals surface area (Å²) in [4.78, 5) is 14.4. The van der Waals surface area contributed by atoms with E-state index in [1.54, 1.807) is 7.11 Å². The van der Waals surface area contributed by atoms with Crippen molar-refractivity contribution in [2.75, 3.05) is 40.4 Å². The van der Waals surface area contributed by atoms with Crippen LogP contribution in [0.15, 0.2) is 24.3 Å². The van der Waals surface area contributed by atoms with E-state index in [1.165, 1.54) is 7.11 Å². The highest BCUT2D eigenvalue weighted by Gasteiger charge is 2.30. The summed E-state index contributed by atoms with van der Waals surface area (Å²) in [5.41, 5.74) is 2.01. The van der Waals surface area contributed by atoms with Crippen LogP contribution < -0.4 is 5.32 Å². The average molecular weight is 278 g/mol. The minimum absolute atomic E-state index is 0.213. The first-order valence-corrected chi connectivity index (χ1v) is 6.87. The largest absolute Gasteiger partial charge is 0.468 e. The molecule has 1 aliphatic rings. The molecule has 0 saturated carbocycles. The summed E-state index contributed by atoms with van der Waals surface area (Å²) in [5, 5.41) is 3.30. The quantitative estimate of drug-likeness (QED) is 0.813. The first-order chi connectivity index (χ1) is 9.77. The Kier molecular flexibility index (Phi) is 5.52. The molecule has 5 heteroatoms. The highest BCUT2D eigenvalue weighted by Crippen LogP contribution is 2.26. The van der Waals surface area contributed by atoms with E-state index in [2.05, 4.69) is 10.2 Å². The Bertz CT molecular complexity index is 444. The van der Waals surface area contributed by atoms with Crippen LogP contribution in [0.3, 0.4) is 0 Å². The molecule has 1 atom stereocenters. The molecule has 1 heterocycles. The number of nitrogens with one attached hydrogen (secondary N) is 1. The maximum Gasteiger partial charge on any atom is 0.327 e. The fourth-order valence-electron chi connectivity index (χ4n) is 2.61. The number of esters is 1. The predicted molar refractivity (Wildman–Crippen MR) is 76.4 cm³/mol. The minimum Gasteiger partial charge on any atom is -0.468 e. The molecule has 20 heavy (non-hydrogen) atoms. The first kappa shape index (κ1) is 15.0. The Morgan fingerprint density at radius 1 is 1.30 bits per heavy atom. The van der Waals surface area contributed by atoms with E-state index in [0.29, 0.717) is 6.61 Å². The average Bonchev–Trinajstić information content (AvgIpc) is 2.50. The third-order valence-electron chi connectivity index (χ3n) is 3.59. The normalized spacial score (nSPS) is 17.7. The van der Waals surface area contributed by atoms with Crippen molar-refractivity contribution in [3.05, 3.63) is 35.4 Å². The Labute approximate surface area is 119 Å². The number of nitrogens with zero attached hydrogens (tertiary/aromatic N) is 1. The van der Waals surface area contributed by atoms with Crippen molar-refractivity contribution in [2.24, 2.45) is 0 Å². The molecular formula is C15H22N2O3. The van der Waals surface area contributed by atoms with Gasteiger partial charge in [0.2, 0.25) is 0 Å². The van der Waals surface area contributed by atoms with E-state index in [4.69, 9.17) is 9.47 Å². The molecule has 5 nitrogen and oxygen atoms in total. The Balaban J connectivity index is 2.32. The van der Waals surface area contributed by atoms with Crippen molar-refractivity contribution in [3.8, 4) is 0 Å². The van der Waals surface area contributed by atoms with Crippen molar-refractivity contribution in [2.45, 2.75) is 12.6 Å². The number of carbonyl (C=O) groups excluding carboxylic acids is 1. The van der Waals surface area contributed by atoms with Gasteiger partial charge < -0.3 is 14.8 Å². The molecule has 0 spiro atoms. The van der Waals surface area contributed by atoms with Crippen LogP contribution in [0, 0.1) is 0 Å². The standard InChI is InChI=1S/C15H22N2O3/c1-19-11-12-5-3-4-6-13(12)14(15(18)20-2)17-9-7-16-8-10-17/h3-6,14,16H,7-11H2,1-2H3. The lowest BCUT2D eigenvalue weighted by atomic mass is 9.98.